The SMILES string of the molecule is C=C[C@@H]1C[C@]1(NC(=O)[C@@H]1C[C@@H](Oc2nccc3ccccc23)CN1C(=O)[C@@H](Nc1ccc(F)c(C(F)(F)F)c1)C(C)(C)C)C(=O)NS(=O)(=O)C1CC1. The van der Waals surface area contributed by atoms with Crippen LogP contribution >= 0.6 is 0 Å². The number of carbonyl (C=O) groups excluding carboxylic acids is 3. The minimum atomic E-state index is -4.99. The van der Waals surface area contributed by atoms with Crippen LogP contribution in [-0.4, -0.2) is 71.5 Å². The maximum absolute atomic E-state index is 14.5. The lowest BCUT2D eigenvalue weighted by atomic mass is 9.85. The standard InChI is InChI=1S/C36H39F4N5O6S/c1-5-21-18-35(21,33(48)44-52(49,50)24-11-12-24)43-30(46)28-17-23(51-31-25-9-7-6-8-20(25)14-15-41-31)19-45(28)32(47)29(34(2,3)4)42-22-10-13-27(37)26(16-22)36(38,39)40/h5-10,13-16,21,23-24,28-29,42H,1,11-12,17-19H2,2-4H3,(H,43,46)(H,44,48)/t21-,23-,28+,29-,35-/m1/s1. The molecule has 52 heavy (non-hydrogen) atoms. The number of hydrogen-bond donors (Lipinski definition) is 3. The van der Waals surface area contributed by atoms with Crippen LogP contribution in [0.2, 0.25) is 0 Å². The maximum Gasteiger partial charge on any atom is 0.419 e. The topological polar surface area (TPSA) is 147 Å². The van der Waals surface area contributed by atoms with Crippen molar-refractivity contribution in [1.82, 2.24) is 19.9 Å². The number of nitrogens with one attached hydrogen (secondary N) is 3. The van der Waals surface area contributed by atoms with Crippen LogP contribution in [0, 0.1) is 17.2 Å². The van der Waals surface area contributed by atoms with Gasteiger partial charge in [0.25, 0.3) is 5.91 Å². The number of aromatic nitrogens is 1. The second kappa shape index (κ2) is 13.4. The molecule has 0 spiro atoms. The van der Waals surface area contributed by atoms with Gasteiger partial charge in [0.05, 0.1) is 17.4 Å². The molecule has 0 bridgehead atoms. The first kappa shape index (κ1) is 37.0. The van der Waals surface area contributed by atoms with Gasteiger partial charge in [0.1, 0.15) is 29.5 Å². The summed E-state index contributed by atoms with van der Waals surface area (Å²) in [6.45, 7) is 8.60. The number of fused-ring (bicyclic) bond motifs is 1. The van der Waals surface area contributed by atoms with E-state index in [0.29, 0.717) is 30.4 Å². The van der Waals surface area contributed by atoms with Gasteiger partial charge >= 0.3 is 6.18 Å². The second-order valence-electron chi connectivity index (χ2n) is 14.6. The van der Waals surface area contributed by atoms with Crippen molar-refractivity contribution in [3.63, 3.8) is 0 Å². The zero-order valence-electron chi connectivity index (χ0n) is 28.7. The van der Waals surface area contributed by atoms with E-state index in [1.165, 1.54) is 11.0 Å². The lowest BCUT2D eigenvalue weighted by Crippen LogP contribution is -2.58. The van der Waals surface area contributed by atoms with Gasteiger partial charge in [-0.1, -0.05) is 45.0 Å². The van der Waals surface area contributed by atoms with Gasteiger partial charge in [0, 0.05) is 29.6 Å². The van der Waals surface area contributed by atoms with E-state index in [0.717, 1.165) is 11.5 Å². The van der Waals surface area contributed by atoms with E-state index in [9.17, 15) is 40.4 Å². The molecule has 5 atom stereocenters. The first-order valence-electron chi connectivity index (χ1n) is 16.8. The average molecular weight is 746 g/mol. The molecule has 2 saturated carbocycles. The summed E-state index contributed by atoms with van der Waals surface area (Å²) in [7, 11) is -3.95. The molecule has 3 aromatic rings. The summed E-state index contributed by atoms with van der Waals surface area (Å²) >= 11 is 0. The van der Waals surface area contributed by atoms with E-state index in [2.05, 4.69) is 26.9 Å². The van der Waals surface area contributed by atoms with Crippen LogP contribution in [0.15, 0.2) is 67.4 Å². The molecule has 278 valence electrons. The normalized spacial score (nSPS) is 23.8. The van der Waals surface area contributed by atoms with Crippen LogP contribution < -0.4 is 20.1 Å². The number of sulfonamides is 1. The predicted octanol–water partition coefficient (Wildman–Crippen LogP) is 4.94. The fourth-order valence-electron chi connectivity index (χ4n) is 6.55. The lowest BCUT2D eigenvalue weighted by molar-refractivity contribution is -0.141. The van der Waals surface area contributed by atoms with Crippen molar-refractivity contribution < 1.29 is 45.1 Å². The molecule has 2 heterocycles. The Balaban J connectivity index is 1.31. The fourth-order valence-corrected chi connectivity index (χ4v) is 7.92. The lowest BCUT2D eigenvalue weighted by Gasteiger charge is -2.36. The van der Waals surface area contributed by atoms with Crippen molar-refractivity contribution in [2.45, 2.75) is 81.6 Å². The Morgan fingerprint density at radius 1 is 1.10 bits per heavy atom. The van der Waals surface area contributed by atoms with Crippen LogP contribution in [-0.2, 0) is 30.6 Å². The first-order valence-corrected chi connectivity index (χ1v) is 18.3. The highest BCUT2D eigenvalue weighted by Crippen LogP contribution is 2.46. The fraction of sp³-hybridized carbons (Fsp3) is 0.444. The quantitative estimate of drug-likeness (QED) is 0.185. The van der Waals surface area contributed by atoms with Crippen molar-refractivity contribution in [2.75, 3.05) is 11.9 Å². The summed E-state index contributed by atoms with van der Waals surface area (Å²) in [4.78, 5) is 47.7. The molecule has 3 aliphatic rings. The number of rotatable bonds is 11. The van der Waals surface area contributed by atoms with E-state index < -0.39 is 85.6 Å². The maximum atomic E-state index is 14.5. The third kappa shape index (κ3) is 7.43. The molecule has 3 N–H and O–H groups in total. The van der Waals surface area contributed by atoms with Crippen molar-refractivity contribution in [2.24, 2.45) is 11.3 Å². The highest BCUT2D eigenvalue weighted by atomic mass is 32.2. The first-order chi connectivity index (χ1) is 24.3. The minimum absolute atomic E-state index is 0.0645. The summed E-state index contributed by atoms with van der Waals surface area (Å²) in [5.74, 6) is -4.16. The van der Waals surface area contributed by atoms with E-state index in [-0.39, 0.29) is 31.0 Å². The number of amides is 3. The van der Waals surface area contributed by atoms with Crippen molar-refractivity contribution in [3.8, 4) is 5.88 Å². The number of likely N-dealkylation sites (tertiary alicyclic amines) is 1. The Kier molecular flexibility index (Phi) is 9.51. The largest absolute Gasteiger partial charge is 0.472 e. The summed E-state index contributed by atoms with van der Waals surface area (Å²) in [6.07, 6.45) is -1.95. The zero-order valence-corrected chi connectivity index (χ0v) is 29.5. The molecule has 3 fully saturated rings. The van der Waals surface area contributed by atoms with Gasteiger partial charge in [-0.3, -0.25) is 19.1 Å². The summed E-state index contributed by atoms with van der Waals surface area (Å²) in [6, 6.07) is 8.94. The Labute approximate surface area is 298 Å². The molecule has 11 nitrogen and oxygen atoms in total. The van der Waals surface area contributed by atoms with Crippen molar-refractivity contribution >= 4 is 44.2 Å². The van der Waals surface area contributed by atoms with Gasteiger partial charge in [-0.15, -0.1) is 6.58 Å². The number of halogens is 4. The summed E-state index contributed by atoms with van der Waals surface area (Å²) in [5.41, 5.74) is -4.27. The van der Waals surface area contributed by atoms with E-state index in [1.54, 1.807) is 45.2 Å². The number of hydrogen-bond acceptors (Lipinski definition) is 8. The molecular weight excluding hydrogens is 706 g/mol. The number of alkyl halides is 3. The molecule has 1 aliphatic heterocycles. The number of nitrogens with zero attached hydrogens (tertiary/aromatic N) is 2. The predicted molar refractivity (Wildman–Crippen MR) is 184 cm³/mol. The molecule has 1 aromatic heterocycles. The number of ether oxygens (including phenoxy) is 1. The monoisotopic (exact) mass is 745 g/mol. The van der Waals surface area contributed by atoms with Crippen molar-refractivity contribution in [3.05, 3.63) is 78.8 Å². The third-order valence-electron chi connectivity index (χ3n) is 9.71. The van der Waals surface area contributed by atoms with E-state index in [4.69, 9.17) is 4.74 Å². The second-order valence-corrected chi connectivity index (χ2v) is 16.6. The highest BCUT2D eigenvalue weighted by molar-refractivity contribution is 7.91. The van der Waals surface area contributed by atoms with Crippen LogP contribution in [0.5, 0.6) is 5.88 Å². The number of carbonyl (C=O) groups is 3. The van der Waals surface area contributed by atoms with Gasteiger partial charge in [-0.2, -0.15) is 13.2 Å². The highest BCUT2D eigenvalue weighted by Gasteiger charge is 2.62. The number of benzene rings is 2. The molecule has 6 rings (SSSR count). The molecule has 2 aromatic carbocycles. The number of anilines is 1. The van der Waals surface area contributed by atoms with E-state index >= 15 is 0 Å². The Morgan fingerprint density at radius 2 is 1.81 bits per heavy atom. The summed E-state index contributed by atoms with van der Waals surface area (Å²) < 4.78 is 88.5. The Hall–Kier alpha value is -4.73. The molecule has 0 unspecified atom stereocenters. The molecule has 1 saturated heterocycles. The molecule has 16 heteroatoms. The van der Waals surface area contributed by atoms with Crippen molar-refractivity contribution in [1.29, 1.82) is 0 Å². The van der Waals surface area contributed by atoms with Crippen LogP contribution in [0.1, 0.15) is 52.0 Å². The van der Waals surface area contributed by atoms with Crippen LogP contribution in [0.4, 0.5) is 23.2 Å². The van der Waals surface area contributed by atoms with Gasteiger partial charge in [-0.25, -0.2) is 17.8 Å². The molecule has 2 aliphatic carbocycles. The van der Waals surface area contributed by atoms with Gasteiger partial charge in [0.2, 0.25) is 27.7 Å². The third-order valence-corrected chi connectivity index (χ3v) is 11.5. The Morgan fingerprint density at radius 3 is 2.44 bits per heavy atom. The van der Waals surface area contributed by atoms with Gasteiger partial charge in [0.15, 0.2) is 0 Å². The van der Waals surface area contributed by atoms with Gasteiger partial charge < -0.3 is 20.3 Å². The van der Waals surface area contributed by atoms with Gasteiger partial charge in [-0.05, 0) is 60.4 Å². The minimum Gasteiger partial charge on any atom is -0.472 e. The Bertz CT molecular complexity index is 2030. The summed E-state index contributed by atoms with van der Waals surface area (Å²) in [5, 5.41) is 6.37. The molecule has 0 radical (unpaired) electrons. The molecular formula is C36H39F4N5O6S. The van der Waals surface area contributed by atoms with Crippen LogP contribution in [0.3, 0.4) is 0 Å². The number of pyridine rings is 1. The average Bonchev–Trinajstić information content (AvgIpc) is 4.00. The van der Waals surface area contributed by atoms with Crippen LogP contribution in [0.25, 0.3) is 10.8 Å². The zero-order chi connectivity index (χ0) is 37.8. The van der Waals surface area contributed by atoms with E-state index in [1.807, 2.05) is 12.1 Å². The molecule has 3 amide bonds. The smallest absolute Gasteiger partial charge is 0.419 e.